The molecule has 0 radical (unpaired) electrons. The third kappa shape index (κ3) is 3.45. The molecule has 4 nitrogen and oxygen atoms in total. The smallest absolute Gasteiger partial charge is 0.323 e. The van der Waals surface area contributed by atoms with E-state index in [0.717, 1.165) is 17.3 Å². The summed E-state index contributed by atoms with van der Waals surface area (Å²) in [6.07, 6.45) is 7.57. The largest absolute Gasteiger partial charge is 0.335 e. The average Bonchev–Trinajstić information content (AvgIpc) is 2.39. The summed E-state index contributed by atoms with van der Waals surface area (Å²) in [6.45, 7) is 0. The Morgan fingerprint density at radius 1 is 1.44 bits per heavy atom. The Hall–Kier alpha value is -1.10. The molecule has 1 aliphatic rings. The minimum absolute atomic E-state index is 0.0764. The lowest BCUT2D eigenvalue weighted by molar-refractivity contribution is 0.239. The zero-order valence-electron chi connectivity index (χ0n) is 10.5. The molecule has 5 heteroatoms. The third-order valence-electron chi connectivity index (χ3n) is 3.29. The van der Waals surface area contributed by atoms with Crippen LogP contribution in [0.5, 0.6) is 0 Å². The number of carbonyl (C=O) groups is 1. The first-order valence-electron chi connectivity index (χ1n) is 6.32. The van der Waals surface area contributed by atoms with Crippen molar-refractivity contribution in [2.24, 2.45) is 0 Å². The predicted molar refractivity (Wildman–Crippen MR) is 75.7 cm³/mol. The molecular weight excluding hydrogens is 294 g/mol. The summed E-state index contributed by atoms with van der Waals surface area (Å²) in [7, 11) is 1.74. The summed E-state index contributed by atoms with van der Waals surface area (Å²) in [6, 6.07) is 3.92. The van der Waals surface area contributed by atoms with Gasteiger partial charge in [0, 0.05) is 23.8 Å². The van der Waals surface area contributed by atoms with Crippen molar-refractivity contribution in [1.82, 2.24) is 10.3 Å². The van der Waals surface area contributed by atoms with Crippen LogP contribution in [0.15, 0.2) is 22.8 Å². The Labute approximate surface area is 116 Å². The molecule has 0 spiro atoms. The van der Waals surface area contributed by atoms with Gasteiger partial charge in [0.25, 0.3) is 0 Å². The zero-order chi connectivity index (χ0) is 13.0. The van der Waals surface area contributed by atoms with Gasteiger partial charge in [-0.2, -0.15) is 0 Å². The van der Waals surface area contributed by atoms with E-state index in [2.05, 4.69) is 26.2 Å². The summed E-state index contributed by atoms with van der Waals surface area (Å²) in [5.41, 5.74) is 0. The highest BCUT2D eigenvalue weighted by Crippen LogP contribution is 2.19. The van der Waals surface area contributed by atoms with Gasteiger partial charge in [-0.25, -0.2) is 9.78 Å². The summed E-state index contributed by atoms with van der Waals surface area (Å²) >= 11 is 3.38. The van der Waals surface area contributed by atoms with Crippen LogP contribution in [0.25, 0.3) is 0 Å². The summed E-state index contributed by atoms with van der Waals surface area (Å²) in [5.74, 6) is 0.651. The van der Waals surface area contributed by atoms with Crippen molar-refractivity contribution in [3.8, 4) is 0 Å². The number of pyridine rings is 1. The molecule has 2 amide bonds. The van der Waals surface area contributed by atoms with Crippen LogP contribution >= 0.6 is 15.9 Å². The Bertz CT molecular complexity index is 418. The molecule has 18 heavy (non-hydrogen) atoms. The van der Waals surface area contributed by atoms with Gasteiger partial charge in [0.2, 0.25) is 0 Å². The lowest BCUT2D eigenvalue weighted by atomic mass is 9.96. The number of urea groups is 1. The molecule has 0 unspecified atom stereocenters. The maximum atomic E-state index is 12.1. The highest BCUT2D eigenvalue weighted by atomic mass is 79.9. The molecule has 0 saturated heterocycles. The number of carbonyl (C=O) groups excluding carboxylic acids is 1. The van der Waals surface area contributed by atoms with E-state index in [9.17, 15) is 4.79 Å². The number of hydrogen-bond acceptors (Lipinski definition) is 2. The van der Waals surface area contributed by atoms with Gasteiger partial charge in [0.05, 0.1) is 0 Å². The minimum Gasteiger partial charge on any atom is -0.335 e. The van der Waals surface area contributed by atoms with Crippen LogP contribution in [0.2, 0.25) is 0 Å². The number of anilines is 1. The molecule has 0 aromatic carbocycles. The van der Waals surface area contributed by atoms with E-state index in [0.29, 0.717) is 11.9 Å². The van der Waals surface area contributed by atoms with Crippen molar-refractivity contribution < 1.29 is 4.79 Å². The fourth-order valence-corrected chi connectivity index (χ4v) is 2.52. The number of aromatic nitrogens is 1. The van der Waals surface area contributed by atoms with Gasteiger partial charge in [0.15, 0.2) is 0 Å². The average molecular weight is 312 g/mol. The molecule has 0 atom stereocenters. The number of hydrogen-bond donors (Lipinski definition) is 1. The highest BCUT2D eigenvalue weighted by Gasteiger charge is 2.19. The Morgan fingerprint density at radius 3 is 2.83 bits per heavy atom. The number of nitrogens with one attached hydrogen (secondary N) is 1. The molecule has 1 heterocycles. The quantitative estimate of drug-likeness (QED) is 0.910. The molecular formula is C13H18BrN3O. The topological polar surface area (TPSA) is 45.2 Å². The molecule has 1 saturated carbocycles. The van der Waals surface area contributed by atoms with Gasteiger partial charge in [-0.1, -0.05) is 35.2 Å². The second kappa shape index (κ2) is 6.18. The van der Waals surface area contributed by atoms with Crippen molar-refractivity contribution in [2.75, 3.05) is 11.9 Å². The Kier molecular flexibility index (Phi) is 4.58. The van der Waals surface area contributed by atoms with Gasteiger partial charge < -0.3 is 5.32 Å². The van der Waals surface area contributed by atoms with Crippen molar-refractivity contribution in [3.05, 3.63) is 22.8 Å². The SMILES string of the molecule is CN(C(=O)NC1CCCCC1)c1cc(Br)ccn1. The van der Waals surface area contributed by atoms with Crippen LogP contribution in [0.4, 0.5) is 10.6 Å². The first kappa shape index (κ1) is 13.3. The molecule has 1 aromatic heterocycles. The Balaban J connectivity index is 1.95. The van der Waals surface area contributed by atoms with Gasteiger partial charge in [-0.3, -0.25) is 4.90 Å². The molecule has 0 aliphatic heterocycles. The van der Waals surface area contributed by atoms with E-state index >= 15 is 0 Å². The molecule has 1 N–H and O–H groups in total. The second-order valence-corrected chi connectivity index (χ2v) is 5.59. The van der Waals surface area contributed by atoms with Crippen molar-refractivity contribution in [2.45, 2.75) is 38.1 Å². The first-order chi connectivity index (χ1) is 8.66. The summed E-state index contributed by atoms with van der Waals surface area (Å²) in [5, 5.41) is 3.07. The number of nitrogens with zero attached hydrogens (tertiary/aromatic N) is 2. The van der Waals surface area contributed by atoms with Crippen LogP contribution in [0.3, 0.4) is 0 Å². The number of amides is 2. The van der Waals surface area contributed by atoms with E-state index < -0.39 is 0 Å². The number of rotatable bonds is 2. The first-order valence-corrected chi connectivity index (χ1v) is 7.12. The van der Waals surface area contributed by atoms with Gasteiger partial charge >= 0.3 is 6.03 Å². The summed E-state index contributed by atoms with van der Waals surface area (Å²) < 4.78 is 0.921. The maximum absolute atomic E-state index is 12.1. The van der Waals surface area contributed by atoms with Crippen LogP contribution < -0.4 is 10.2 Å². The molecule has 0 bridgehead atoms. The van der Waals surface area contributed by atoms with Crippen molar-refractivity contribution in [3.63, 3.8) is 0 Å². The Morgan fingerprint density at radius 2 is 2.17 bits per heavy atom. The van der Waals surface area contributed by atoms with E-state index in [1.165, 1.54) is 19.3 Å². The van der Waals surface area contributed by atoms with Gasteiger partial charge in [-0.15, -0.1) is 0 Å². The third-order valence-corrected chi connectivity index (χ3v) is 3.78. The van der Waals surface area contributed by atoms with Crippen LogP contribution in [-0.4, -0.2) is 24.1 Å². The van der Waals surface area contributed by atoms with Crippen LogP contribution in [0.1, 0.15) is 32.1 Å². The zero-order valence-corrected chi connectivity index (χ0v) is 12.1. The lowest BCUT2D eigenvalue weighted by Gasteiger charge is -2.25. The van der Waals surface area contributed by atoms with Crippen LogP contribution in [0, 0.1) is 0 Å². The predicted octanol–water partition coefficient (Wildman–Crippen LogP) is 3.32. The van der Waals surface area contributed by atoms with Gasteiger partial charge in [-0.05, 0) is 25.0 Å². The fraction of sp³-hybridized carbons (Fsp3) is 0.538. The highest BCUT2D eigenvalue weighted by molar-refractivity contribution is 9.10. The van der Waals surface area contributed by atoms with E-state index in [1.807, 2.05) is 12.1 Å². The van der Waals surface area contributed by atoms with Crippen LogP contribution in [-0.2, 0) is 0 Å². The van der Waals surface area contributed by atoms with E-state index in [-0.39, 0.29) is 6.03 Å². The molecule has 1 aromatic rings. The van der Waals surface area contributed by atoms with E-state index in [1.54, 1.807) is 18.1 Å². The van der Waals surface area contributed by atoms with Crippen molar-refractivity contribution in [1.29, 1.82) is 0 Å². The molecule has 1 aliphatic carbocycles. The monoisotopic (exact) mass is 311 g/mol. The van der Waals surface area contributed by atoms with E-state index in [4.69, 9.17) is 0 Å². The minimum atomic E-state index is -0.0764. The second-order valence-electron chi connectivity index (χ2n) is 4.68. The summed E-state index contributed by atoms with van der Waals surface area (Å²) in [4.78, 5) is 17.8. The number of halogens is 1. The normalized spacial score (nSPS) is 16.3. The molecule has 98 valence electrons. The van der Waals surface area contributed by atoms with Gasteiger partial charge in [0.1, 0.15) is 5.82 Å². The fourth-order valence-electron chi connectivity index (χ4n) is 2.20. The van der Waals surface area contributed by atoms with Crippen molar-refractivity contribution >= 4 is 27.8 Å². The maximum Gasteiger partial charge on any atom is 0.323 e. The molecule has 1 fully saturated rings. The lowest BCUT2D eigenvalue weighted by Crippen LogP contribution is -2.44. The molecule has 2 rings (SSSR count). The standard InChI is InChI=1S/C13H18BrN3O/c1-17(12-9-10(14)7-8-15-12)13(18)16-11-5-3-2-4-6-11/h7-9,11H,2-6H2,1H3,(H,16,18).